The van der Waals surface area contributed by atoms with E-state index in [-0.39, 0.29) is 12.2 Å². The molecule has 0 amide bonds. The average molecular weight is 297 g/mol. The molecule has 1 saturated heterocycles. The van der Waals surface area contributed by atoms with Crippen molar-refractivity contribution in [3.05, 3.63) is 22.5 Å². The van der Waals surface area contributed by atoms with Gasteiger partial charge < -0.3 is 15.3 Å². The normalized spacial score (nSPS) is 18.8. The summed E-state index contributed by atoms with van der Waals surface area (Å²) in [5.41, 5.74) is -0.0578. The fourth-order valence-electron chi connectivity index (χ4n) is 2.58. The molecule has 2 N–H and O–H groups in total. The fraction of sp³-hybridized carbons (Fsp3) is 0.769. The molecule has 0 saturated carbocycles. The van der Waals surface area contributed by atoms with Gasteiger partial charge in [0.15, 0.2) is 0 Å². The van der Waals surface area contributed by atoms with Crippen molar-refractivity contribution in [3.8, 4) is 0 Å². The number of likely N-dealkylation sites (tertiary alicyclic amines) is 1. The number of rotatable bonds is 8. The molecule has 0 bridgehead atoms. The highest BCUT2D eigenvalue weighted by Crippen LogP contribution is 2.09. The molecule has 2 heterocycles. The van der Waals surface area contributed by atoms with Crippen LogP contribution in [0.1, 0.15) is 19.8 Å². The van der Waals surface area contributed by atoms with Crippen LogP contribution < -0.4 is 5.32 Å². The number of aliphatic hydroxyl groups excluding tert-OH is 1. The molecular weight excluding hydrogens is 274 g/mol. The van der Waals surface area contributed by atoms with Gasteiger partial charge in [-0.05, 0) is 32.9 Å². The third kappa shape index (κ3) is 5.07. The maximum Gasteiger partial charge on any atom is 0.306 e. The molecule has 8 heteroatoms. The summed E-state index contributed by atoms with van der Waals surface area (Å²) in [6.07, 6.45) is 4.44. The SMILES string of the molecule is CC(CN1CCCC1)NCC(O)Cn1cc([N+](=O)[O-])cn1. The molecule has 0 spiro atoms. The zero-order chi connectivity index (χ0) is 15.2. The van der Waals surface area contributed by atoms with Crippen LogP contribution in [0.4, 0.5) is 5.69 Å². The molecule has 21 heavy (non-hydrogen) atoms. The summed E-state index contributed by atoms with van der Waals surface area (Å²) in [4.78, 5) is 12.5. The largest absolute Gasteiger partial charge is 0.390 e. The Labute approximate surface area is 123 Å². The third-order valence-electron chi connectivity index (χ3n) is 3.66. The molecule has 0 aromatic carbocycles. The zero-order valence-electron chi connectivity index (χ0n) is 12.3. The molecule has 1 aliphatic rings. The van der Waals surface area contributed by atoms with Crippen LogP contribution in [0.15, 0.2) is 12.4 Å². The molecule has 0 aliphatic carbocycles. The van der Waals surface area contributed by atoms with Gasteiger partial charge in [-0.3, -0.25) is 14.8 Å². The van der Waals surface area contributed by atoms with Crippen molar-refractivity contribution >= 4 is 5.69 Å². The van der Waals surface area contributed by atoms with E-state index >= 15 is 0 Å². The van der Waals surface area contributed by atoms with Crippen LogP contribution in [0.3, 0.4) is 0 Å². The number of aromatic nitrogens is 2. The first-order valence-electron chi connectivity index (χ1n) is 7.35. The summed E-state index contributed by atoms with van der Waals surface area (Å²) in [5.74, 6) is 0. The van der Waals surface area contributed by atoms with Crippen molar-refractivity contribution in [3.63, 3.8) is 0 Å². The Morgan fingerprint density at radius 2 is 2.19 bits per heavy atom. The summed E-state index contributed by atoms with van der Waals surface area (Å²) in [7, 11) is 0. The van der Waals surface area contributed by atoms with Gasteiger partial charge >= 0.3 is 5.69 Å². The Hall–Kier alpha value is -1.51. The lowest BCUT2D eigenvalue weighted by molar-refractivity contribution is -0.385. The minimum absolute atomic E-state index is 0.0578. The molecular formula is C13H23N5O3. The molecule has 1 aromatic rings. The van der Waals surface area contributed by atoms with Gasteiger partial charge in [0.05, 0.1) is 17.6 Å². The zero-order valence-corrected chi connectivity index (χ0v) is 12.3. The summed E-state index contributed by atoms with van der Waals surface area (Å²) in [5, 5.41) is 27.7. The third-order valence-corrected chi connectivity index (χ3v) is 3.66. The minimum atomic E-state index is -0.620. The van der Waals surface area contributed by atoms with Crippen LogP contribution in [-0.4, -0.2) is 63.0 Å². The van der Waals surface area contributed by atoms with Gasteiger partial charge in [0.2, 0.25) is 0 Å². The van der Waals surface area contributed by atoms with Gasteiger partial charge in [-0.2, -0.15) is 5.10 Å². The van der Waals surface area contributed by atoms with Crippen molar-refractivity contribution in [2.24, 2.45) is 0 Å². The van der Waals surface area contributed by atoms with Crippen molar-refractivity contribution < 1.29 is 10.0 Å². The standard InChI is InChI=1S/C13H23N5O3/c1-11(8-16-4-2-3-5-16)14-7-13(19)10-17-9-12(6-15-17)18(20)21/h6,9,11,13-14,19H,2-5,7-8,10H2,1H3. The van der Waals surface area contributed by atoms with Crippen LogP contribution in [0.2, 0.25) is 0 Å². The highest BCUT2D eigenvalue weighted by atomic mass is 16.6. The highest BCUT2D eigenvalue weighted by molar-refractivity contribution is 5.20. The van der Waals surface area contributed by atoms with Gasteiger partial charge in [-0.1, -0.05) is 0 Å². The lowest BCUT2D eigenvalue weighted by Crippen LogP contribution is -2.42. The quantitative estimate of drug-likeness (QED) is 0.526. The number of aliphatic hydroxyl groups is 1. The second-order valence-corrected chi connectivity index (χ2v) is 5.65. The van der Waals surface area contributed by atoms with Gasteiger partial charge in [-0.25, -0.2) is 0 Å². The summed E-state index contributed by atoms with van der Waals surface area (Å²) < 4.78 is 1.40. The smallest absolute Gasteiger partial charge is 0.306 e. The van der Waals surface area contributed by atoms with Gasteiger partial charge in [0.25, 0.3) is 0 Å². The van der Waals surface area contributed by atoms with Crippen LogP contribution >= 0.6 is 0 Å². The summed E-state index contributed by atoms with van der Waals surface area (Å²) in [6.45, 7) is 6.10. The predicted molar refractivity (Wildman–Crippen MR) is 78.0 cm³/mol. The Morgan fingerprint density at radius 1 is 1.48 bits per heavy atom. The maximum absolute atomic E-state index is 10.6. The van der Waals surface area contributed by atoms with E-state index in [1.54, 1.807) is 0 Å². The summed E-state index contributed by atoms with van der Waals surface area (Å²) in [6, 6.07) is 0.310. The van der Waals surface area contributed by atoms with Gasteiger partial charge in [-0.15, -0.1) is 0 Å². The molecule has 2 rings (SSSR count). The van der Waals surface area contributed by atoms with E-state index in [4.69, 9.17) is 0 Å². The lowest BCUT2D eigenvalue weighted by atomic mass is 10.2. The molecule has 8 nitrogen and oxygen atoms in total. The Morgan fingerprint density at radius 3 is 2.81 bits per heavy atom. The van der Waals surface area contributed by atoms with E-state index < -0.39 is 11.0 Å². The Balaban J connectivity index is 1.68. The number of nitro groups is 1. The number of nitrogens with zero attached hydrogens (tertiary/aromatic N) is 4. The molecule has 1 aromatic heterocycles. The maximum atomic E-state index is 10.6. The second-order valence-electron chi connectivity index (χ2n) is 5.65. The van der Waals surface area contributed by atoms with Gasteiger partial charge in [0, 0.05) is 19.1 Å². The van der Waals surface area contributed by atoms with E-state index in [1.807, 2.05) is 0 Å². The monoisotopic (exact) mass is 297 g/mol. The molecule has 118 valence electrons. The van der Waals surface area contributed by atoms with Crippen LogP contribution in [0.5, 0.6) is 0 Å². The first-order chi connectivity index (χ1) is 10.0. The number of hydrogen-bond acceptors (Lipinski definition) is 6. The predicted octanol–water partition coefficient (Wildman–Crippen LogP) is 0.226. The topological polar surface area (TPSA) is 96.5 Å². The molecule has 2 atom stereocenters. The molecule has 1 aliphatic heterocycles. The number of nitrogens with one attached hydrogen (secondary N) is 1. The molecule has 2 unspecified atom stereocenters. The summed E-state index contributed by atoms with van der Waals surface area (Å²) >= 11 is 0. The molecule has 0 radical (unpaired) electrons. The Kier molecular flexibility index (Phi) is 5.66. The Bertz CT molecular complexity index is 458. The first kappa shape index (κ1) is 15.9. The molecule has 1 fully saturated rings. The van der Waals surface area contributed by atoms with Crippen molar-refractivity contribution in [1.82, 2.24) is 20.0 Å². The first-order valence-corrected chi connectivity index (χ1v) is 7.35. The van der Waals surface area contributed by atoms with Crippen molar-refractivity contribution in [1.29, 1.82) is 0 Å². The fourth-order valence-corrected chi connectivity index (χ4v) is 2.58. The number of hydrogen-bond donors (Lipinski definition) is 2. The van der Waals surface area contributed by atoms with E-state index in [9.17, 15) is 15.2 Å². The van der Waals surface area contributed by atoms with E-state index in [0.717, 1.165) is 19.6 Å². The minimum Gasteiger partial charge on any atom is -0.390 e. The average Bonchev–Trinajstić information content (AvgIpc) is 3.08. The highest BCUT2D eigenvalue weighted by Gasteiger charge is 2.16. The van der Waals surface area contributed by atoms with Crippen LogP contribution in [0, 0.1) is 10.1 Å². The van der Waals surface area contributed by atoms with Crippen molar-refractivity contribution in [2.45, 2.75) is 38.5 Å². The van der Waals surface area contributed by atoms with E-state index in [1.165, 1.54) is 29.9 Å². The van der Waals surface area contributed by atoms with Crippen molar-refractivity contribution in [2.75, 3.05) is 26.2 Å². The van der Waals surface area contributed by atoms with Gasteiger partial charge in [0.1, 0.15) is 12.4 Å². The van der Waals surface area contributed by atoms with Crippen LogP contribution in [0.25, 0.3) is 0 Å². The van der Waals surface area contributed by atoms with E-state index in [0.29, 0.717) is 12.6 Å². The van der Waals surface area contributed by atoms with Crippen LogP contribution in [-0.2, 0) is 6.54 Å². The lowest BCUT2D eigenvalue weighted by Gasteiger charge is -2.22. The van der Waals surface area contributed by atoms with E-state index in [2.05, 4.69) is 22.2 Å². The second kappa shape index (κ2) is 7.48.